The molecule has 1 aromatic carbocycles. The van der Waals surface area contributed by atoms with Crippen LogP contribution in [0.3, 0.4) is 0 Å². The van der Waals surface area contributed by atoms with Gasteiger partial charge in [0.15, 0.2) is 0 Å². The van der Waals surface area contributed by atoms with Crippen LogP contribution >= 0.6 is 23.2 Å². The molecule has 70 valence electrons. The second-order valence-corrected chi connectivity index (χ2v) is 3.39. The molecule has 4 heteroatoms. The van der Waals surface area contributed by atoms with Crippen LogP contribution in [0.2, 0.25) is 10.0 Å². The summed E-state index contributed by atoms with van der Waals surface area (Å²) in [4.78, 5) is 4.05. The Morgan fingerprint density at radius 1 is 1.31 bits per heavy atom. The normalized spacial score (nSPS) is 11.8. The number of hydrogen-bond acceptors (Lipinski definition) is 1. The molecule has 1 rings (SSSR count). The van der Waals surface area contributed by atoms with Crippen LogP contribution in [0.25, 0.3) is 0 Å². The van der Waals surface area contributed by atoms with Crippen LogP contribution in [0.1, 0.15) is 12.5 Å². The lowest BCUT2D eigenvalue weighted by Crippen LogP contribution is -2.13. The van der Waals surface area contributed by atoms with Crippen molar-refractivity contribution in [1.29, 1.82) is 0 Å². The van der Waals surface area contributed by atoms with E-state index in [2.05, 4.69) is 4.99 Å². The number of amidine groups is 1. The smallest absolute Gasteiger partial charge is 0.125 e. The quantitative estimate of drug-likeness (QED) is 0.600. The largest absolute Gasteiger partial charge is 0.384 e. The molecule has 2 nitrogen and oxygen atoms in total. The second kappa shape index (κ2) is 4.49. The lowest BCUT2D eigenvalue weighted by molar-refractivity contribution is 1.12. The maximum absolute atomic E-state index is 5.80. The Morgan fingerprint density at radius 2 is 1.85 bits per heavy atom. The van der Waals surface area contributed by atoms with Crippen molar-refractivity contribution >= 4 is 29.0 Å². The van der Waals surface area contributed by atoms with Crippen LogP contribution in [0.4, 0.5) is 0 Å². The fourth-order valence-corrected chi connectivity index (χ4v) is 1.49. The third kappa shape index (κ3) is 2.90. The second-order valence-electron chi connectivity index (χ2n) is 2.52. The van der Waals surface area contributed by atoms with Gasteiger partial charge in [0.1, 0.15) is 5.84 Å². The topological polar surface area (TPSA) is 38.4 Å². The van der Waals surface area contributed by atoms with E-state index >= 15 is 0 Å². The summed E-state index contributed by atoms with van der Waals surface area (Å²) in [5.74, 6) is 0.465. The molecule has 0 unspecified atom stereocenters. The summed E-state index contributed by atoms with van der Waals surface area (Å²) < 4.78 is 0. The number of nitrogens with zero attached hydrogens (tertiary/aromatic N) is 1. The molecule has 0 fully saturated rings. The molecular formula is C9H10Cl2N2. The van der Waals surface area contributed by atoms with E-state index in [9.17, 15) is 0 Å². The SMILES string of the molecule is CCN=C(N)c1cc(Cl)cc(Cl)c1. The Balaban J connectivity index is 3.08. The Morgan fingerprint density at radius 3 is 2.31 bits per heavy atom. The lowest BCUT2D eigenvalue weighted by atomic mass is 10.2. The highest BCUT2D eigenvalue weighted by Crippen LogP contribution is 2.18. The van der Waals surface area contributed by atoms with Crippen molar-refractivity contribution in [1.82, 2.24) is 0 Å². The Kier molecular flexibility index (Phi) is 3.58. The zero-order valence-electron chi connectivity index (χ0n) is 7.22. The van der Waals surface area contributed by atoms with E-state index in [-0.39, 0.29) is 0 Å². The van der Waals surface area contributed by atoms with Crippen molar-refractivity contribution in [2.75, 3.05) is 6.54 Å². The van der Waals surface area contributed by atoms with E-state index in [4.69, 9.17) is 28.9 Å². The molecule has 0 amide bonds. The third-order valence-electron chi connectivity index (χ3n) is 1.49. The van der Waals surface area contributed by atoms with Gasteiger partial charge >= 0.3 is 0 Å². The predicted molar refractivity (Wildman–Crippen MR) is 57.7 cm³/mol. The number of aliphatic imine (C=N–C) groups is 1. The molecule has 0 saturated carbocycles. The minimum atomic E-state index is 0.465. The van der Waals surface area contributed by atoms with Gasteiger partial charge in [0, 0.05) is 22.2 Å². The lowest BCUT2D eigenvalue weighted by Gasteiger charge is -2.01. The molecule has 0 aliphatic carbocycles. The summed E-state index contributed by atoms with van der Waals surface area (Å²) >= 11 is 11.6. The van der Waals surface area contributed by atoms with Crippen molar-refractivity contribution in [3.63, 3.8) is 0 Å². The first-order chi connectivity index (χ1) is 6.13. The van der Waals surface area contributed by atoms with Crippen LogP contribution in [0.5, 0.6) is 0 Å². The molecule has 2 N–H and O–H groups in total. The molecule has 0 saturated heterocycles. The summed E-state index contributed by atoms with van der Waals surface area (Å²) in [5.41, 5.74) is 6.44. The Bertz CT molecular complexity index is 314. The monoisotopic (exact) mass is 216 g/mol. The average molecular weight is 217 g/mol. The molecule has 0 aromatic heterocycles. The molecule has 13 heavy (non-hydrogen) atoms. The van der Waals surface area contributed by atoms with E-state index in [0.717, 1.165) is 5.56 Å². The highest BCUT2D eigenvalue weighted by atomic mass is 35.5. The maximum Gasteiger partial charge on any atom is 0.125 e. The summed E-state index contributed by atoms with van der Waals surface area (Å²) in [5, 5.41) is 1.13. The Hall–Kier alpha value is -0.730. The highest BCUT2D eigenvalue weighted by Gasteiger charge is 2.01. The van der Waals surface area contributed by atoms with Gasteiger partial charge in [0.2, 0.25) is 0 Å². The van der Waals surface area contributed by atoms with Gasteiger partial charge in [-0.25, -0.2) is 0 Å². The van der Waals surface area contributed by atoms with Crippen molar-refractivity contribution in [3.8, 4) is 0 Å². The van der Waals surface area contributed by atoms with Gasteiger partial charge in [-0.1, -0.05) is 23.2 Å². The summed E-state index contributed by atoms with van der Waals surface area (Å²) in [6.45, 7) is 2.56. The third-order valence-corrected chi connectivity index (χ3v) is 1.92. The number of halogens is 2. The van der Waals surface area contributed by atoms with Gasteiger partial charge in [0.25, 0.3) is 0 Å². The van der Waals surface area contributed by atoms with Crippen LogP contribution in [-0.2, 0) is 0 Å². The van der Waals surface area contributed by atoms with E-state index in [1.807, 2.05) is 6.92 Å². The van der Waals surface area contributed by atoms with Gasteiger partial charge in [-0.3, -0.25) is 4.99 Å². The van der Waals surface area contributed by atoms with Crippen LogP contribution in [-0.4, -0.2) is 12.4 Å². The zero-order valence-corrected chi connectivity index (χ0v) is 8.73. The van der Waals surface area contributed by atoms with Gasteiger partial charge in [-0.2, -0.15) is 0 Å². The molecule has 0 aliphatic rings. The van der Waals surface area contributed by atoms with Gasteiger partial charge in [-0.15, -0.1) is 0 Å². The molecule has 0 spiro atoms. The van der Waals surface area contributed by atoms with E-state index < -0.39 is 0 Å². The summed E-state index contributed by atoms with van der Waals surface area (Å²) in [6, 6.07) is 5.13. The first-order valence-electron chi connectivity index (χ1n) is 3.90. The van der Waals surface area contributed by atoms with Crippen molar-refractivity contribution < 1.29 is 0 Å². The molecule has 0 radical (unpaired) electrons. The number of rotatable bonds is 2. The van der Waals surface area contributed by atoms with Gasteiger partial charge < -0.3 is 5.73 Å². The Labute approximate surface area is 87.4 Å². The highest BCUT2D eigenvalue weighted by molar-refractivity contribution is 6.35. The van der Waals surface area contributed by atoms with Crippen molar-refractivity contribution in [2.45, 2.75) is 6.92 Å². The van der Waals surface area contributed by atoms with E-state index in [0.29, 0.717) is 22.4 Å². The van der Waals surface area contributed by atoms with Crippen molar-refractivity contribution in [3.05, 3.63) is 33.8 Å². The first-order valence-corrected chi connectivity index (χ1v) is 4.65. The predicted octanol–water partition coefficient (Wildman–Crippen LogP) is 2.72. The number of hydrogen-bond donors (Lipinski definition) is 1. The number of nitrogens with two attached hydrogens (primary N) is 1. The molecular weight excluding hydrogens is 207 g/mol. The molecule has 0 aliphatic heterocycles. The number of benzene rings is 1. The van der Waals surface area contributed by atoms with E-state index in [1.54, 1.807) is 18.2 Å². The molecule has 0 bridgehead atoms. The fraction of sp³-hybridized carbons (Fsp3) is 0.222. The van der Waals surface area contributed by atoms with Crippen LogP contribution in [0, 0.1) is 0 Å². The van der Waals surface area contributed by atoms with Crippen LogP contribution < -0.4 is 5.73 Å². The maximum atomic E-state index is 5.80. The minimum Gasteiger partial charge on any atom is -0.384 e. The minimum absolute atomic E-state index is 0.465. The molecule has 0 atom stereocenters. The first kappa shape index (κ1) is 10.4. The standard InChI is InChI=1S/C9H10Cl2N2/c1-2-13-9(12)6-3-7(10)5-8(11)4-6/h3-5H,2H2,1H3,(H2,12,13). The van der Waals surface area contributed by atoms with Crippen LogP contribution in [0.15, 0.2) is 23.2 Å². The molecule has 1 aromatic rings. The van der Waals surface area contributed by atoms with E-state index in [1.165, 1.54) is 0 Å². The fourth-order valence-electron chi connectivity index (χ4n) is 0.963. The summed E-state index contributed by atoms with van der Waals surface area (Å²) in [7, 11) is 0. The average Bonchev–Trinajstić information content (AvgIpc) is 2.03. The van der Waals surface area contributed by atoms with Gasteiger partial charge in [-0.05, 0) is 25.1 Å². The molecule has 0 heterocycles. The summed E-state index contributed by atoms with van der Waals surface area (Å²) in [6.07, 6.45) is 0. The van der Waals surface area contributed by atoms with Gasteiger partial charge in [0.05, 0.1) is 0 Å². The zero-order chi connectivity index (χ0) is 9.84. The van der Waals surface area contributed by atoms with Crippen molar-refractivity contribution in [2.24, 2.45) is 10.7 Å².